The number of fused-ring (bicyclic) bond motifs is 1. The molecule has 8 heteroatoms. The molecule has 1 atom stereocenters. The predicted octanol–water partition coefficient (Wildman–Crippen LogP) is 3.65. The largest absolute Gasteiger partial charge is 0.366 e. The van der Waals surface area contributed by atoms with Crippen LogP contribution in [0.4, 0.5) is 4.39 Å². The van der Waals surface area contributed by atoms with Crippen LogP contribution in [0.2, 0.25) is 0 Å². The molecular formula is C27H24FN5O2. The molecule has 4 aromatic rings. The minimum atomic E-state index is -0.556. The lowest BCUT2D eigenvalue weighted by Gasteiger charge is -2.18. The zero-order valence-corrected chi connectivity index (χ0v) is 18.9. The zero-order chi connectivity index (χ0) is 24.5. The molecule has 1 unspecified atom stereocenters. The van der Waals surface area contributed by atoms with E-state index in [1.165, 1.54) is 6.07 Å². The van der Waals surface area contributed by atoms with Crippen LogP contribution < -0.4 is 16.8 Å². The van der Waals surface area contributed by atoms with Crippen LogP contribution in [0, 0.1) is 5.82 Å². The van der Waals surface area contributed by atoms with E-state index < -0.39 is 17.8 Å². The van der Waals surface area contributed by atoms with Gasteiger partial charge in [0, 0.05) is 42.4 Å². The standard InChI is InChI=1S/C27H24FN5O2/c28-22-11-16(20-7-2-1-4-18(20)13-29)8-9-21(22)23-12-25(34)26-24(14-31-23)32-15-33(26)19-6-3-5-17(10-19)27(30)35/h1-11,15,23,31H,12-14,29H2,(H2,30,35). The van der Waals surface area contributed by atoms with Gasteiger partial charge in [-0.3, -0.25) is 14.2 Å². The number of nitrogens with two attached hydrogens (primary N) is 2. The SMILES string of the molecule is NCc1ccccc1-c1ccc(C2CC(=O)c3c(ncn3-c3cccc(C(N)=O)c3)CN2)c(F)c1. The molecule has 0 bridgehead atoms. The van der Waals surface area contributed by atoms with Gasteiger partial charge in [0.25, 0.3) is 0 Å². The number of carbonyl (C=O) groups is 2. The van der Waals surface area contributed by atoms with Crippen LogP contribution in [0.15, 0.2) is 73.1 Å². The number of benzene rings is 3. The summed E-state index contributed by atoms with van der Waals surface area (Å²) in [6.45, 7) is 0.653. The smallest absolute Gasteiger partial charge is 0.248 e. The van der Waals surface area contributed by atoms with Gasteiger partial charge in [0.1, 0.15) is 17.8 Å². The Bertz CT molecular complexity index is 1450. The molecule has 1 aromatic heterocycles. The maximum absolute atomic E-state index is 15.3. The van der Waals surface area contributed by atoms with Crippen LogP contribution in [0.5, 0.6) is 0 Å². The highest BCUT2D eigenvalue weighted by Gasteiger charge is 2.29. The topological polar surface area (TPSA) is 116 Å². The third-order valence-corrected chi connectivity index (χ3v) is 6.35. The Hall–Kier alpha value is -4.14. The van der Waals surface area contributed by atoms with Crippen molar-refractivity contribution in [2.75, 3.05) is 0 Å². The van der Waals surface area contributed by atoms with Gasteiger partial charge < -0.3 is 16.8 Å². The third-order valence-electron chi connectivity index (χ3n) is 6.35. The molecule has 0 aliphatic carbocycles. The van der Waals surface area contributed by atoms with E-state index in [-0.39, 0.29) is 12.2 Å². The molecule has 5 N–H and O–H groups in total. The van der Waals surface area contributed by atoms with Crippen molar-refractivity contribution in [3.63, 3.8) is 0 Å². The van der Waals surface area contributed by atoms with Gasteiger partial charge in [0.2, 0.25) is 5.91 Å². The minimum absolute atomic E-state index is 0.0594. The van der Waals surface area contributed by atoms with E-state index in [0.717, 1.165) is 16.7 Å². The molecule has 7 nitrogen and oxygen atoms in total. The normalized spacial score (nSPS) is 15.5. The van der Waals surface area contributed by atoms with Gasteiger partial charge in [0.15, 0.2) is 5.78 Å². The fourth-order valence-electron chi connectivity index (χ4n) is 4.57. The van der Waals surface area contributed by atoms with Gasteiger partial charge in [-0.1, -0.05) is 42.5 Å². The number of nitrogens with one attached hydrogen (secondary N) is 1. The summed E-state index contributed by atoms with van der Waals surface area (Å²) in [6.07, 6.45) is 1.61. The first-order valence-electron chi connectivity index (χ1n) is 11.3. The van der Waals surface area contributed by atoms with Crippen LogP contribution in [0.25, 0.3) is 16.8 Å². The number of ketones is 1. The van der Waals surface area contributed by atoms with Gasteiger partial charge in [-0.25, -0.2) is 9.37 Å². The molecule has 1 amide bonds. The number of nitrogens with zero attached hydrogens (tertiary/aromatic N) is 2. The van der Waals surface area contributed by atoms with Crippen LogP contribution in [0.1, 0.15) is 50.1 Å². The molecule has 1 aliphatic rings. The van der Waals surface area contributed by atoms with Crippen molar-refractivity contribution in [2.45, 2.75) is 25.6 Å². The summed E-state index contributed by atoms with van der Waals surface area (Å²) < 4.78 is 16.9. The van der Waals surface area contributed by atoms with Crippen LogP contribution >= 0.6 is 0 Å². The summed E-state index contributed by atoms with van der Waals surface area (Å²) in [5, 5.41) is 3.27. The van der Waals surface area contributed by atoms with Crippen LogP contribution in [-0.2, 0) is 13.1 Å². The summed E-state index contributed by atoms with van der Waals surface area (Å²) >= 11 is 0. The first-order chi connectivity index (χ1) is 17.0. The molecule has 176 valence electrons. The number of imidazole rings is 1. The fraction of sp³-hybridized carbons (Fsp3) is 0.148. The molecule has 35 heavy (non-hydrogen) atoms. The van der Waals surface area contributed by atoms with Crippen molar-refractivity contribution in [2.24, 2.45) is 11.5 Å². The lowest BCUT2D eigenvalue weighted by molar-refractivity contribution is 0.0964. The van der Waals surface area contributed by atoms with Gasteiger partial charge in [-0.15, -0.1) is 0 Å². The van der Waals surface area contributed by atoms with Gasteiger partial charge >= 0.3 is 0 Å². The molecule has 0 saturated heterocycles. The highest BCUT2D eigenvalue weighted by Crippen LogP contribution is 2.31. The Balaban J connectivity index is 1.44. The maximum atomic E-state index is 15.3. The molecular weight excluding hydrogens is 445 g/mol. The lowest BCUT2D eigenvalue weighted by atomic mass is 9.95. The Morgan fingerprint density at radius 1 is 1.11 bits per heavy atom. The quantitative estimate of drug-likeness (QED) is 0.413. The first kappa shape index (κ1) is 22.6. The molecule has 1 aliphatic heterocycles. The van der Waals surface area contributed by atoms with E-state index in [2.05, 4.69) is 10.3 Å². The second kappa shape index (κ2) is 9.25. The minimum Gasteiger partial charge on any atom is -0.366 e. The van der Waals surface area contributed by atoms with E-state index in [9.17, 15) is 9.59 Å². The predicted molar refractivity (Wildman–Crippen MR) is 130 cm³/mol. The fourth-order valence-corrected chi connectivity index (χ4v) is 4.57. The summed E-state index contributed by atoms with van der Waals surface area (Å²) in [5.41, 5.74) is 16.1. The zero-order valence-electron chi connectivity index (χ0n) is 18.9. The number of rotatable bonds is 5. The maximum Gasteiger partial charge on any atom is 0.248 e. The van der Waals surface area contributed by atoms with E-state index in [1.807, 2.05) is 30.3 Å². The number of hydrogen-bond donors (Lipinski definition) is 3. The van der Waals surface area contributed by atoms with Crippen molar-refractivity contribution in [3.8, 4) is 16.8 Å². The molecule has 0 radical (unpaired) electrons. The highest BCUT2D eigenvalue weighted by molar-refractivity contribution is 5.97. The Morgan fingerprint density at radius 3 is 2.71 bits per heavy atom. The second-order valence-electron chi connectivity index (χ2n) is 8.48. The molecule has 0 spiro atoms. The number of amides is 1. The van der Waals surface area contributed by atoms with E-state index >= 15 is 4.39 Å². The average molecular weight is 470 g/mol. The average Bonchev–Trinajstić information content (AvgIpc) is 3.23. The van der Waals surface area contributed by atoms with Gasteiger partial charge in [0.05, 0.1) is 5.69 Å². The van der Waals surface area contributed by atoms with E-state index in [4.69, 9.17) is 11.5 Å². The summed E-state index contributed by atoms with van der Waals surface area (Å²) in [6, 6.07) is 18.9. The summed E-state index contributed by atoms with van der Waals surface area (Å²) in [7, 11) is 0. The molecule has 3 aromatic carbocycles. The van der Waals surface area contributed by atoms with Crippen molar-refractivity contribution in [1.29, 1.82) is 0 Å². The number of carbonyl (C=O) groups excluding carboxylic acids is 2. The number of halogens is 1. The Labute approximate surface area is 201 Å². The third kappa shape index (κ3) is 4.25. The van der Waals surface area contributed by atoms with Crippen LogP contribution in [-0.4, -0.2) is 21.2 Å². The second-order valence-corrected chi connectivity index (χ2v) is 8.48. The molecule has 0 fully saturated rings. The lowest BCUT2D eigenvalue weighted by Crippen LogP contribution is -2.21. The summed E-state index contributed by atoms with van der Waals surface area (Å²) in [4.78, 5) is 29.3. The van der Waals surface area contributed by atoms with Gasteiger partial charge in [-0.05, 0) is 41.0 Å². The van der Waals surface area contributed by atoms with E-state index in [1.54, 1.807) is 41.2 Å². The molecule has 0 saturated carbocycles. The van der Waals surface area contributed by atoms with Crippen molar-refractivity contribution < 1.29 is 14.0 Å². The molecule has 2 heterocycles. The highest BCUT2D eigenvalue weighted by atomic mass is 19.1. The number of aromatic nitrogens is 2. The first-order valence-corrected chi connectivity index (χ1v) is 11.3. The van der Waals surface area contributed by atoms with E-state index in [0.29, 0.717) is 41.3 Å². The number of primary amides is 1. The van der Waals surface area contributed by atoms with Crippen molar-refractivity contribution >= 4 is 11.7 Å². The molecule has 5 rings (SSSR count). The number of hydrogen-bond acceptors (Lipinski definition) is 5. The Morgan fingerprint density at radius 2 is 1.94 bits per heavy atom. The van der Waals surface area contributed by atoms with Gasteiger partial charge in [-0.2, -0.15) is 0 Å². The van der Waals surface area contributed by atoms with Crippen molar-refractivity contribution in [3.05, 3.63) is 107 Å². The number of Topliss-reactive ketones (excluding diaryl/α,β-unsaturated/α-hetero) is 1. The van der Waals surface area contributed by atoms with Crippen LogP contribution in [0.3, 0.4) is 0 Å². The van der Waals surface area contributed by atoms with Crippen molar-refractivity contribution in [1.82, 2.24) is 14.9 Å². The summed E-state index contributed by atoms with van der Waals surface area (Å²) in [5.74, 6) is -1.12. The Kier molecular flexibility index (Phi) is 5.98. The monoisotopic (exact) mass is 469 g/mol.